The van der Waals surface area contributed by atoms with Crippen LogP contribution >= 0.6 is 0 Å². The molecule has 0 fully saturated rings. The molecular formula is C11H13N3O. The van der Waals surface area contributed by atoms with Crippen LogP contribution in [0.15, 0.2) is 36.2 Å². The summed E-state index contributed by atoms with van der Waals surface area (Å²) in [5, 5.41) is 6.00. The van der Waals surface area contributed by atoms with Gasteiger partial charge in [-0.2, -0.15) is 0 Å². The first kappa shape index (κ1) is 9.86. The average Bonchev–Trinajstić information content (AvgIpc) is 2.31. The van der Waals surface area contributed by atoms with Gasteiger partial charge in [-0.1, -0.05) is 6.08 Å². The molecule has 0 saturated carbocycles. The maximum absolute atomic E-state index is 11.7. The molecule has 2 heterocycles. The molecule has 1 aromatic rings. The number of rotatable bonds is 2. The molecule has 0 spiro atoms. The van der Waals surface area contributed by atoms with Crippen LogP contribution in [0.2, 0.25) is 0 Å². The molecule has 2 N–H and O–H groups in total. The molecule has 0 aliphatic carbocycles. The first-order valence-corrected chi connectivity index (χ1v) is 4.97. The third-order valence-corrected chi connectivity index (χ3v) is 2.29. The van der Waals surface area contributed by atoms with Gasteiger partial charge in [-0.05, 0) is 25.1 Å². The van der Waals surface area contributed by atoms with Crippen LogP contribution in [0.5, 0.6) is 0 Å². The topological polar surface area (TPSA) is 54.0 Å². The molecule has 1 aliphatic rings. The second-order valence-electron chi connectivity index (χ2n) is 3.37. The van der Waals surface area contributed by atoms with Crippen molar-refractivity contribution in [3.05, 3.63) is 36.2 Å². The largest absolute Gasteiger partial charge is 0.322 e. The molecule has 1 amide bonds. The zero-order valence-electron chi connectivity index (χ0n) is 8.36. The SMILES string of the molecule is O=C(Nc1ccncc1)C1=CCNCC1. The van der Waals surface area contributed by atoms with E-state index in [4.69, 9.17) is 0 Å². The van der Waals surface area contributed by atoms with Crippen molar-refractivity contribution < 1.29 is 4.79 Å². The number of aromatic nitrogens is 1. The standard InChI is InChI=1S/C11H13N3O/c15-11(9-1-5-12-6-2-9)14-10-3-7-13-8-4-10/h1,3-4,7-8,12H,2,5-6H2,(H,13,14,15). The summed E-state index contributed by atoms with van der Waals surface area (Å²) in [6, 6.07) is 3.55. The number of nitrogens with zero attached hydrogens (tertiary/aromatic N) is 1. The van der Waals surface area contributed by atoms with Crippen LogP contribution in [0.1, 0.15) is 6.42 Å². The Morgan fingerprint density at radius 2 is 2.20 bits per heavy atom. The van der Waals surface area contributed by atoms with E-state index in [1.807, 2.05) is 6.08 Å². The fourth-order valence-corrected chi connectivity index (χ4v) is 1.48. The number of carbonyl (C=O) groups excluding carboxylic acids is 1. The maximum Gasteiger partial charge on any atom is 0.251 e. The molecule has 0 bridgehead atoms. The molecule has 2 rings (SSSR count). The summed E-state index contributed by atoms with van der Waals surface area (Å²) < 4.78 is 0. The Labute approximate surface area is 88.4 Å². The lowest BCUT2D eigenvalue weighted by Crippen LogP contribution is -2.26. The smallest absolute Gasteiger partial charge is 0.251 e. The van der Waals surface area contributed by atoms with Crippen molar-refractivity contribution in [2.75, 3.05) is 18.4 Å². The van der Waals surface area contributed by atoms with Gasteiger partial charge in [0, 0.05) is 30.2 Å². The van der Waals surface area contributed by atoms with E-state index in [0.29, 0.717) is 0 Å². The van der Waals surface area contributed by atoms with Gasteiger partial charge in [0.15, 0.2) is 0 Å². The highest BCUT2D eigenvalue weighted by atomic mass is 16.1. The molecule has 4 nitrogen and oxygen atoms in total. The van der Waals surface area contributed by atoms with E-state index in [9.17, 15) is 4.79 Å². The van der Waals surface area contributed by atoms with Crippen LogP contribution in [0, 0.1) is 0 Å². The molecule has 15 heavy (non-hydrogen) atoms. The van der Waals surface area contributed by atoms with E-state index in [-0.39, 0.29) is 5.91 Å². The summed E-state index contributed by atoms with van der Waals surface area (Å²) >= 11 is 0. The van der Waals surface area contributed by atoms with Gasteiger partial charge in [0.05, 0.1) is 0 Å². The first-order chi connectivity index (χ1) is 7.36. The Morgan fingerprint density at radius 3 is 2.87 bits per heavy atom. The monoisotopic (exact) mass is 203 g/mol. The van der Waals surface area contributed by atoms with Crippen molar-refractivity contribution >= 4 is 11.6 Å². The number of anilines is 1. The zero-order valence-corrected chi connectivity index (χ0v) is 8.36. The summed E-state index contributed by atoms with van der Waals surface area (Å²) in [6.45, 7) is 1.65. The van der Waals surface area contributed by atoms with Gasteiger partial charge >= 0.3 is 0 Å². The molecule has 4 heteroatoms. The van der Waals surface area contributed by atoms with E-state index >= 15 is 0 Å². The van der Waals surface area contributed by atoms with Crippen molar-refractivity contribution in [3.8, 4) is 0 Å². The van der Waals surface area contributed by atoms with Gasteiger partial charge in [0.25, 0.3) is 5.91 Å². The van der Waals surface area contributed by atoms with Crippen molar-refractivity contribution in [1.82, 2.24) is 10.3 Å². The molecule has 1 aromatic heterocycles. The highest BCUT2D eigenvalue weighted by molar-refractivity contribution is 6.03. The lowest BCUT2D eigenvalue weighted by molar-refractivity contribution is -0.113. The minimum Gasteiger partial charge on any atom is -0.322 e. The van der Waals surface area contributed by atoms with Gasteiger partial charge in [-0.15, -0.1) is 0 Å². The molecule has 0 radical (unpaired) electrons. The van der Waals surface area contributed by atoms with Crippen molar-refractivity contribution in [2.45, 2.75) is 6.42 Å². The second kappa shape index (κ2) is 4.70. The molecule has 0 aromatic carbocycles. The Hall–Kier alpha value is -1.68. The third kappa shape index (κ3) is 2.63. The van der Waals surface area contributed by atoms with E-state index in [0.717, 1.165) is 30.8 Å². The third-order valence-electron chi connectivity index (χ3n) is 2.29. The number of hydrogen-bond donors (Lipinski definition) is 2. The number of hydrogen-bond acceptors (Lipinski definition) is 3. The summed E-state index contributed by atoms with van der Waals surface area (Å²) in [7, 11) is 0. The summed E-state index contributed by atoms with van der Waals surface area (Å²) in [4.78, 5) is 15.6. The minimum atomic E-state index is -0.0114. The van der Waals surface area contributed by atoms with E-state index in [1.165, 1.54) is 0 Å². The molecular weight excluding hydrogens is 190 g/mol. The van der Waals surface area contributed by atoms with Crippen LogP contribution in [-0.2, 0) is 4.79 Å². The van der Waals surface area contributed by atoms with Crippen molar-refractivity contribution in [2.24, 2.45) is 0 Å². The van der Waals surface area contributed by atoms with Gasteiger partial charge < -0.3 is 10.6 Å². The average molecular weight is 203 g/mol. The molecule has 78 valence electrons. The summed E-state index contributed by atoms with van der Waals surface area (Å²) in [6.07, 6.45) is 6.04. The van der Waals surface area contributed by atoms with E-state index < -0.39 is 0 Å². The normalized spacial score (nSPS) is 15.6. The maximum atomic E-state index is 11.7. The van der Waals surface area contributed by atoms with E-state index in [2.05, 4.69) is 15.6 Å². The fraction of sp³-hybridized carbons (Fsp3) is 0.273. The van der Waals surface area contributed by atoms with Gasteiger partial charge in [-0.3, -0.25) is 9.78 Å². The zero-order chi connectivity index (χ0) is 10.5. The summed E-state index contributed by atoms with van der Waals surface area (Å²) in [5.41, 5.74) is 1.64. The van der Waals surface area contributed by atoms with Crippen LogP contribution in [-0.4, -0.2) is 24.0 Å². The van der Waals surface area contributed by atoms with Gasteiger partial charge in [-0.25, -0.2) is 0 Å². The Kier molecular flexibility index (Phi) is 3.09. The van der Waals surface area contributed by atoms with Crippen LogP contribution < -0.4 is 10.6 Å². The van der Waals surface area contributed by atoms with Crippen LogP contribution in [0.4, 0.5) is 5.69 Å². The van der Waals surface area contributed by atoms with Gasteiger partial charge in [0.1, 0.15) is 0 Å². The Bertz CT molecular complexity index is 373. The predicted molar refractivity (Wildman–Crippen MR) is 58.4 cm³/mol. The molecule has 0 unspecified atom stereocenters. The minimum absolute atomic E-state index is 0.0114. The Balaban J connectivity index is 2.00. The first-order valence-electron chi connectivity index (χ1n) is 4.97. The number of nitrogens with one attached hydrogen (secondary N) is 2. The number of pyridine rings is 1. The number of carbonyl (C=O) groups is 1. The Morgan fingerprint density at radius 1 is 1.40 bits per heavy atom. The molecule has 0 atom stereocenters. The van der Waals surface area contributed by atoms with E-state index in [1.54, 1.807) is 24.5 Å². The highest BCUT2D eigenvalue weighted by Gasteiger charge is 2.11. The highest BCUT2D eigenvalue weighted by Crippen LogP contribution is 2.09. The quantitative estimate of drug-likeness (QED) is 0.752. The van der Waals surface area contributed by atoms with Crippen molar-refractivity contribution in [3.63, 3.8) is 0 Å². The van der Waals surface area contributed by atoms with Crippen LogP contribution in [0.3, 0.4) is 0 Å². The lowest BCUT2D eigenvalue weighted by atomic mass is 10.1. The molecule has 1 aliphatic heterocycles. The summed E-state index contributed by atoms with van der Waals surface area (Å²) in [5.74, 6) is -0.0114. The molecule has 0 saturated heterocycles. The second-order valence-corrected chi connectivity index (χ2v) is 3.37. The predicted octanol–water partition coefficient (Wildman–Crippen LogP) is 0.940. The van der Waals surface area contributed by atoms with Crippen molar-refractivity contribution in [1.29, 1.82) is 0 Å². The number of amides is 1. The van der Waals surface area contributed by atoms with Crippen LogP contribution in [0.25, 0.3) is 0 Å². The van der Waals surface area contributed by atoms with Gasteiger partial charge in [0.2, 0.25) is 0 Å². The fourth-order valence-electron chi connectivity index (χ4n) is 1.48. The lowest BCUT2D eigenvalue weighted by Gasteiger charge is -2.13.